The van der Waals surface area contributed by atoms with Crippen LogP contribution in [0.4, 0.5) is 0 Å². The molecule has 1 aromatic heterocycles. The maximum absolute atomic E-state index is 12.2. The summed E-state index contributed by atoms with van der Waals surface area (Å²) in [5.41, 5.74) is 0.123. The van der Waals surface area contributed by atoms with E-state index in [0.29, 0.717) is 23.0 Å². The van der Waals surface area contributed by atoms with Gasteiger partial charge in [-0.2, -0.15) is 0 Å². The molecule has 0 aliphatic rings. The van der Waals surface area contributed by atoms with Crippen LogP contribution >= 0.6 is 11.6 Å². The quantitative estimate of drug-likeness (QED) is 0.693. The molecular formula is C19H16ClN3O3. The fourth-order valence-electron chi connectivity index (χ4n) is 2.58. The molecule has 6 nitrogen and oxygen atoms in total. The number of nitrogens with one attached hydrogen (secondary N) is 1. The van der Waals surface area contributed by atoms with Gasteiger partial charge in [0.15, 0.2) is 0 Å². The molecule has 0 atom stereocenters. The van der Waals surface area contributed by atoms with Gasteiger partial charge in [0.1, 0.15) is 5.56 Å². The van der Waals surface area contributed by atoms with Crippen LogP contribution in [0, 0.1) is 0 Å². The minimum absolute atomic E-state index is 0.0551. The Labute approximate surface area is 154 Å². The highest BCUT2D eigenvalue weighted by atomic mass is 35.5. The molecule has 132 valence electrons. The first kappa shape index (κ1) is 17.7. The number of hydrogen-bond acceptors (Lipinski definition) is 4. The second-order valence-electron chi connectivity index (χ2n) is 5.66. The first-order valence-corrected chi connectivity index (χ1v) is 8.25. The second kappa shape index (κ2) is 7.41. The van der Waals surface area contributed by atoms with E-state index < -0.39 is 17.1 Å². The molecule has 2 N–H and O–H groups in total. The van der Waals surface area contributed by atoms with Crippen molar-refractivity contribution in [2.75, 3.05) is 0 Å². The van der Waals surface area contributed by atoms with Gasteiger partial charge < -0.3 is 5.11 Å². The molecule has 0 saturated heterocycles. The summed E-state index contributed by atoms with van der Waals surface area (Å²) in [7, 11) is 0. The lowest BCUT2D eigenvalue weighted by Gasteiger charge is -2.11. The van der Waals surface area contributed by atoms with Gasteiger partial charge in [-0.15, -0.1) is 0 Å². The Morgan fingerprint density at radius 3 is 2.58 bits per heavy atom. The molecule has 3 aromatic rings. The second-order valence-corrected chi connectivity index (χ2v) is 6.10. The molecule has 0 amide bonds. The van der Waals surface area contributed by atoms with Crippen molar-refractivity contribution in [2.24, 2.45) is 4.99 Å². The van der Waals surface area contributed by atoms with Gasteiger partial charge in [0.2, 0.25) is 5.88 Å². The van der Waals surface area contributed by atoms with Crippen molar-refractivity contribution in [3.63, 3.8) is 0 Å². The summed E-state index contributed by atoms with van der Waals surface area (Å²) in [4.78, 5) is 31.0. The Balaban J connectivity index is 2.09. The fraction of sp³-hybridized carbons (Fsp3) is 0.105. The molecule has 0 aliphatic heterocycles. The third kappa shape index (κ3) is 3.60. The maximum atomic E-state index is 12.2. The third-order valence-corrected chi connectivity index (χ3v) is 4.09. The molecule has 2 aromatic carbocycles. The predicted octanol–water partition coefficient (Wildman–Crippen LogP) is 2.89. The van der Waals surface area contributed by atoms with Crippen LogP contribution in [-0.2, 0) is 6.54 Å². The van der Waals surface area contributed by atoms with Crippen molar-refractivity contribution < 1.29 is 5.11 Å². The van der Waals surface area contributed by atoms with Gasteiger partial charge in [0, 0.05) is 5.02 Å². The van der Waals surface area contributed by atoms with Gasteiger partial charge in [-0.3, -0.25) is 14.8 Å². The number of nitrogens with zero attached hydrogens (tertiary/aromatic N) is 2. The van der Waals surface area contributed by atoms with Crippen LogP contribution in [0.2, 0.25) is 5.02 Å². The van der Waals surface area contributed by atoms with Crippen LogP contribution < -0.4 is 11.2 Å². The largest absolute Gasteiger partial charge is 0.493 e. The smallest absolute Gasteiger partial charge is 0.335 e. The zero-order valence-electron chi connectivity index (χ0n) is 13.9. The Morgan fingerprint density at radius 2 is 1.88 bits per heavy atom. The van der Waals surface area contributed by atoms with Gasteiger partial charge in [0.05, 0.1) is 17.9 Å². The molecule has 0 fully saturated rings. The average Bonchev–Trinajstić information content (AvgIpc) is 2.60. The molecular weight excluding hydrogens is 354 g/mol. The van der Waals surface area contributed by atoms with E-state index in [0.717, 1.165) is 10.1 Å². The summed E-state index contributed by atoms with van der Waals surface area (Å²) in [6.45, 7) is 1.96. The highest BCUT2D eigenvalue weighted by molar-refractivity contribution is 6.30. The summed E-state index contributed by atoms with van der Waals surface area (Å²) < 4.78 is 0.990. The van der Waals surface area contributed by atoms with Crippen LogP contribution in [0.15, 0.2) is 69.2 Å². The zero-order chi connectivity index (χ0) is 18.7. The number of hydrogen-bond donors (Lipinski definition) is 2. The molecule has 0 bridgehead atoms. The summed E-state index contributed by atoms with van der Waals surface area (Å²) in [5.74, 6) is -0.477. The molecule has 0 radical (unpaired) electrons. The van der Waals surface area contributed by atoms with Crippen LogP contribution in [-0.4, -0.2) is 20.4 Å². The van der Waals surface area contributed by atoms with Crippen molar-refractivity contribution >= 4 is 17.3 Å². The van der Waals surface area contributed by atoms with Gasteiger partial charge in [-0.05, 0) is 30.7 Å². The summed E-state index contributed by atoms with van der Waals surface area (Å²) in [6.07, 6.45) is 0. The number of benzene rings is 2. The van der Waals surface area contributed by atoms with Gasteiger partial charge in [0.25, 0.3) is 5.56 Å². The molecule has 0 unspecified atom stereocenters. The molecule has 0 aliphatic carbocycles. The molecule has 0 spiro atoms. The lowest BCUT2D eigenvalue weighted by atomic mass is 10.2. The van der Waals surface area contributed by atoms with Gasteiger partial charge >= 0.3 is 5.69 Å². The van der Waals surface area contributed by atoms with E-state index in [1.807, 2.05) is 30.3 Å². The van der Waals surface area contributed by atoms with E-state index >= 15 is 0 Å². The molecule has 7 heteroatoms. The van der Waals surface area contributed by atoms with E-state index in [9.17, 15) is 14.7 Å². The first-order chi connectivity index (χ1) is 12.5. The molecule has 0 saturated carbocycles. The normalized spacial score (nSPS) is 11.5. The predicted molar refractivity (Wildman–Crippen MR) is 102 cm³/mol. The Kier molecular flexibility index (Phi) is 5.04. The number of aliphatic imine (C=N–C) groups is 1. The number of aromatic hydroxyl groups is 1. The summed E-state index contributed by atoms with van der Waals surface area (Å²) in [5, 5.41) is 11.0. The van der Waals surface area contributed by atoms with E-state index in [-0.39, 0.29) is 5.56 Å². The zero-order valence-corrected chi connectivity index (χ0v) is 14.7. The monoisotopic (exact) mass is 369 g/mol. The average molecular weight is 370 g/mol. The van der Waals surface area contributed by atoms with Crippen molar-refractivity contribution in [1.82, 2.24) is 9.55 Å². The van der Waals surface area contributed by atoms with Crippen LogP contribution in [0.3, 0.4) is 0 Å². The van der Waals surface area contributed by atoms with Crippen molar-refractivity contribution in [3.05, 3.63) is 91.6 Å². The Bertz CT molecular complexity index is 1090. The molecule has 26 heavy (non-hydrogen) atoms. The van der Waals surface area contributed by atoms with E-state index in [1.54, 1.807) is 25.1 Å². The van der Waals surface area contributed by atoms with Crippen LogP contribution in [0.1, 0.15) is 18.1 Å². The van der Waals surface area contributed by atoms with Gasteiger partial charge in [-0.25, -0.2) is 9.36 Å². The van der Waals surface area contributed by atoms with E-state index in [2.05, 4.69) is 9.98 Å². The topological polar surface area (TPSA) is 87.4 Å². The Hall–Kier alpha value is -3.12. The standard InChI is InChI=1S/C19H16ClN3O3/c1-12(21-11-13-6-3-2-4-7-13)16-17(24)22-19(26)23(18(16)25)15-9-5-8-14(20)10-15/h2-10,25H,11H2,1H3,(H,22,24,26). The van der Waals surface area contributed by atoms with Crippen molar-refractivity contribution in [3.8, 4) is 11.6 Å². The molecule has 3 rings (SSSR count). The van der Waals surface area contributed by atoms with Crippen molar-refractivity contribution in [1.29, 1.82) is 0 Å². The lowest BCUT2D eigenvalue weighted by Crippen LogP contribution is -2.32. The molecule has 1 heterocycles. The third-order valence-electron chi connectivity index (χ3n) is 3.86. The van der Waals surface area contributed by atoms with Crippen molar-refractivity contribution in [2.45, 2.75) is 13.5 Å². The lowest BCUT2D eigenvalue weighted by molar-refractivity contribution is 0.429. The van der Waals surface area contributed by atoms with Gasteiger partial charge in [-0.1, -0.05) is 48.0 Å². The number of halogens is 1. The number of aromatic nitrogens is 2. The minimum atomic E-state index is -0.755. The highest BCUT2D eigenvalue weighted by Crippen LogP contribution is 2.20. The first-order valence-electron chi connectivity index (χ1n) is 7.87. The fourth-order valence-corrected chi connectivity index (χ4v) is 2.76. The number of aromatic amines is 1. The minimum Gasteiger partial charge on any atom is -0.493 e. The number of H-pyrrole nitrogens is 1. The Morgan fingerprint density at radius 1 is 1.15 bits per heavy atom. The highest BCUT2D eigenvalue weighted by Gasteiger charge is 2.17. The number of rotatable bonds is 4. The maximum Gasteiger partial charge on any atom is 0.335 e. The van der Waals surface area contributed by atoms with E-state index in [4.69, 9.17) is 11.6 Å². The summed E-state index contributed by atoms with van der Waals surface area (Å²) in [6, 6.07) is 15.9. The van der Waals surface area contributed by atoms with E-state index in [1.165, 1.54) is 6.07 Å². The van der Waals surface area contributed by atoms with Crippen LogP contribution in [0.25, 0.3) is 5.69 Å². The SMILES string of the molecule is CC(=NCc1ccccc1)c1c(O)n(-c2cccc(Cl)c2)c(=O)[nH]c1=O. The summed E-state index contributed by atoms with van der Waals surface area (Å²) >= 11 is 5.96. The van der Waals surface area contributed by atoms with Crippen LogP contribution in [0.5, 0.6) is 5.88 Å².